The lowest BCUT2D eigenvalue weighted by molar-refractivity contribution is -0.139. The second kappa shape index (κ2) is 5.25. The zero-order valence-corrected chi connectivity index (χ0v) is 8.96. The average Bonchev–Trinajstić information content (AvgIpc) is 2.65. The van der Waals surface area contributed by atoms with Crippen molar-refractivity contribution in [3.05, 3.63) is 5.82 Å². The fraction of sp³-hybridized carbons (Fsp3) is 0.429. The summed E-state index contributed by atoms with van der Waals surface area (Å²) in [6.07, 6.45) is -0.647. The number of amides is 1. The fourth-order valence-corrected chi connectivity index (χ4v) is 1.29. The quantitative estimate of drug-likeness (QED) is 0.759. The number of carbonyl (C=O) groups is 2. The van der Waals surface area contributed by atoms with E-state index in [1.807, 2.05) is 0 Å². The van der Waals surface area contributed by atoms with Gasteiger partial charge in [-0.15, -0.1) is 0 Å². The summed E-state index contributed by atoms with van der Waals surface area (Å²) >= 11 is 0.965. The summed E-state index contributed by atoms with van der Waals surface area (Å²) in [5.74, 6) is -0.129. The van der Waals surface area contributed by atoms with Gasteiger partial charge in [0.05, 0.1) is 14.2 Å². The van der Waals surface area contributed by atoms with E-state index in [-0.39, 0.29) is 11.6 Å². The summed E-state index contributed by atoms with van der Waals surface area (Å²) in [7, 11) is 2.52. The molecule has 0 spiro atoms. The number of rotatable bonds is 3. The van der Waals surface area contributed by atoms with Gasteiger partial charge in [-0.1, -0.05) is 0 Å². The van der Waals surface area contributed by atoms with Crippen LogP contribution in [0.2, 0.25) is 0 Å². The van der Waals surface area contributed by atoms with Gasteiger partial charge in [-0.25, -0.2) is 9.78 Å². The topological polar surface area (TPSA) is 90.4 Å². The number of anilines is 1. The molecule has 0 aromatic carbocycles. The summed E-state index contributed by atoms with van der Waals surface area (Å²) in [4.78, 5) is 25.5. The van der Waals surface area contributed by atoms with Crippen molar-refractivity contribution < 1.29 is 19.1 Å². The van der Waals surface area contributed by atoms with Crippen LogP contribution in [0.1, 0.15) is 5.82 Å². The highest BCUT2D eigenvalue weighted by Crippen LogP contribution is 2.11. The van der Waals surface area contributed by atoms with Crippen molar-refractivity contribution in [3.8, 4) is 0 Å². The molecule has 0 atom stereocenters. The van der Waals surface area contributed by atoms with Crippen LogP contribution in [0.4, 0.5) is 9.93 Å². The SMILES string of the molecule is COC(=O)Cc1nsc(NC(=O)OC)n1. The third kappa shape index (κ3) is 3.50. The second-order valence-electron chi connectivity index (χ2n) is 2.39. The van der Waals surface area contributed by atoms with Gasteiger partial charge < -0.3 is 9.47 Å². The second-order valence-corrected chi connectivity index (χ2v) is 3.14. The van der Waals surface area contributed by atoms with E-state index >= 15 is 0 Å². The summed E-state index contributed by atoms with van der Waals surface area (Å²) in [5.41, 5.74) is 0. The Labute approximate surface area is 89.6 Å². The maximum Gasteiger partial charge on any atom is 0.413 e. The Morgan fingerprint density at radius 1 is 1.40 bits per heavy atom. The highest BCUT2D eigenvalue weighted by molar-refractivity contribution is 7.09. The zero-order chi connectivity index (χ0) is 11.3. The standard InChI is InChI=1S/C7H9N3O4S/c1-13-5(11)3-4-8-6(15-10-4)9-7(12)14-2/h3H2,1-2H3,(H,8,9,10,12). The number of nitrogens with zero attached hydrogens (tertiary/aromatic N) is 2. The van der Waals surface area contributed by atoms with Crippen LogP contribution in [-0.4, -0.2) is 35.6 Å². The maximum atomic E-state index is 10.9. The van der Waals surface area contributed by atoms with Crippen molar-refractivity contribution in [3.63, 3.8) is 0 Å². The summed E-state index contributed by atoms with van der Waals surface area (Å²) in [6.45, 7) is 0. The number of aromatic nitrogens is 2. The summed E-state index contributed by atoms with van der Waals surface area (Å²) in [6, 6.07) is 0. The molecule has 0 radical (unpaired) electrons. The molecule has 7 nitrogen and oxygen atoms in total. The van der Waals surface area contributed by atoms with Gasteiger partial charge in [-0.05, 0) is 0 Å². The Balaban J connectivity index is 2.56. The predicted molar refractivity (Wildman–Crippen MR) is 51.7 cm³/mol. The molecule has 82 valence electrons. The van der Waals surface area contributed by atoms with E-state index in [4.69, 9.17) is 0 Å². The minimum absolute atomic E-state index is 0.0180. The molecule has 0 unspecified atom stereocenters. The van der Waals surface area contributed by atoms with Gasteiger partial charge in [-0.3, -0.25) is 10.1 Å². The first kappa shape index (κ1) is 11.4. The molecule has 1 aromatic heterocycles. The van der Waals surface area contributed by atoms with Gasteiger partial charge in [0.2, 0.25) is 5.13 Å². The molecule has 0 aliphatic heterocycles. The molecule has 0 aliphatic carbocycles. The monoisotopic (exact) mass is 231 g/mol. The number of hydrogen-bond donors (Lipinski definition) is 1. The number of nitrogens with one attached hydrogen (secondary N) is 1. The molecule has 1 heterocycles. The molecule has 15 heavy (non-hydrogen) atoms. The molecule has 1 amide bonds. The van der Waals surface area contributed by atoms with Crippen LogP contribution in [0.5, 0.6) is 0 Å². The summed E-state index contributed by atoms with van der Waals surface area (Å²) in [5, 5.41) is 2.61. The van der Waals surface area contributed by atoms with Crippen molar-refractivity contribution in [1.82, 2.24) is 9.36 Å². The molecular formula is C7H9N3O4S. The number of hydrogen-bond acceptors (Lipinski definition) is 7. The normalized spacial score (nSPS) is 9.47. The first-order valence-electron chi connectivity index (χ1n) is 3.90. The van der Waals surface area contributed by atoms with Crippen LogP contribution in [0.3, 0.4) is 0 Å². The molecule has 1 aromatic rings. The predicted octanol–water partition coefficient (Wildman–Crippen LogP) is 0.432. The van der Waals surface area contributed by atoms with Crippen molar-refractivity contribution in [2.24, 2.45) is 0 Å². The van der Waals surface area contributed by atoms with E-state index in [2.05, 4.69) is 24.1 Å². The Kier molecular flexibility index (Phi) is 3.98. The van der Waals surface area contributed by atoms with E-state index in [1.165, 1.54) is 14.2 Å². The third-order valence-corrected chi connectivity index (χ3v) is 2.06. The van der Waals surface area contributed by atoms with Gasteiger partial charge in [0.15, 0.2) is 5.82 Å². The van der Waals surface area contributed by atoms with Crippen molar-refractivity contribution in [2.75, 3.05) is 19.5 Å². The van der Waals surface area contributed by atoms with Crippen LogP contribution in [-0.2, 0) is 20.7 Å². The van der Waals surface area contributed by atoms with E-state index < -0.39 is 12.1 Å². The van der Waals surface area contributed by atoms with Gasteiger partial charge in [0.25, 0.3) is 0 Å². The van der Waals surface area contributed by atoms with E-state index in [1.54, 1.807) is 0 Å². The molecule has 8 heteroatoms. The van der Waals surface area contributed by atoms with E-state index in [0.717, 1.165) is 11.5 Å². The van der Waals surface area contributed by atoms with Crippen LogP contribution in [0.25, 0.3) is 0 Å². The summed E-state index contributed by atoms with van der Waals surface area (Å²) < 4.78 is 12.7. The first-order valence-corrected chi connectivity index (χ1v) is 4.67. The van der Waals surface area contributed by atoms with Crippen LogP contribution >= 0.6 is 11.5 Å². The smallest absolute Gasteiger partial charge is 0.413 e. The van der Waals surface area contributed by atoms with Gasteiger partial charge in [0, 0.05) is 11.5 Å². The number of methoxy groups -OCH3 is 2. The van der Waals surface area contributed by atoms with Crippen molar-refractivity contribution >= 4 is 28.7 Å². The van der Waals surface area contributed by atoms with Crippen LogP contribution < -0.4 is 5.32 Å². The maximum absolute atomic E-state index is 10.9. The highest BCUT2D eigenvalue weighted by atomic mass is 32.1. The lowest BCUT2D eigenvalue weighted by atomic mass is 10.4. The van der Waals surface area contributed by atoms with E-state index in [0.29, 0.717) is 5.82 Å². The molecule has 0 aliphatic rings. The lowest BCUT2D eigenvalue weighted by Crippen LogP contribution is -2.11. The number of ether oxygens (including phenoxy) is 2. The third-order valence-electron chi connectivity index (χ3n) is 1.39. The van der Waals surface area contributed by atoms with E-state index in [9.17, 15) is 9.59 Å². The molecular weight excluding hydrogens is 222 g/mol. The zero-order valence-electron chi connectivity index (χ0n) is 8.14. The molecule has 0 bridgehead atoms. The molecule has 1 N–H and O–H groups in total. The van der Waals surface area contributed by atoms with Crippen LogP contribution in [0.15, 0.2) is 0 Å². The minimum Gasteiger partial charge on any atom is -0.469 e. The molecule has 0 saturated heterocycles. The van der Waals surface area contributed by atoms with Crippen LogP contribution in [0, 0.1) is 0 Å². The van der Waals surface area contributed by atoms with Gasteiger partial charge in [0.1, 0.15) is 6.42 Å². The number of carbonyl (C=O) groups excluding carboxylic acids is 2. The highest BCUT2D eigenvalue weighted by Gasteiger charge is 2.11. The Bertz CT molecular complexity index is 332. The first-order chi connectivity index (χ1) is 7.15. The van der Waals surface area contributed by atoms with Crippen molar-refractivity contribution in [2.45, 2.75) is 6.42 Å². The lowest BCUT2D eigenvalue weighted by Gasteiger charge is -1.96. The fourth-order valence-electron chi connectivity index (χ4n) is 0.716. The largest absolute Gasteiger partial charge is 0.469 e. The molecule has 0 fully saturated rings. The molecule has 0 saturated carbocycles. The molecule has 1 rings (SSSR count). The number of esters is 1. The Morgan fingerprint density at radius 2 is 2.13 bits per heavy atom. The van der Waals surface area contributed by atoms with Gasteiger partial charge in [-0.2, -0.15) is 4.37 Å². The Morgan fingerprint density at radius 3 is 2.73 bits per heavy atom. The van der Waals surface area contributed by atoms with Crippen molar-refractivity contribution in [1.29, 1.82) is 0 Å². The Hall–Kier alpha value is -1.70. The minimum atomic E-state index is -0.629. The average molecular weight is 231 g/mol. The van der Waals surface area contributed by atoms with Gasteiger partial charge >= 0.3 is 12.1 Å².